The topological polar surface area (TPSA) is 30.5 Å². The first kappa shape index (κ1) is 14.7. The van der Waals surface area contributed by atoms with E-state index in [4.69, 9.17) is 9.47 Å². The smallest absolute Gasteiger partial charge is 0.123 e. The quantitative estimate of drug-likeness (QED) is 0.864. The Morgan fingerprint density at radius 3 is 2.62 bits per heavy atom. The van der Waals surface area contributed by atoms with Gasteiger partial charge in [0.25, 0.3) is 0 Å². The number of nitrogens with one attached hydrogen (secondary N) is 1. The second kappa shape index (κ2) is 6.27. The Labute approximate surface area is 128 Å². The van der Waals surface area contributed by atoms with Crippen LogP contribution in [-0.4, -0.2) is 20.8 Å². The molecular weight excluding hydrogens is 262 g/mol. The average molecular weight is 289 g/mol. The van der Waals surface area contributed by atoms with E-state index >= 15 is 0 Å². The number of fused-ring (bicyclic) bond motifs is 2. The molecule has 2 bridgehead atoms. The van der Waals surface area contributed by atoms with Crippen LogP contribution in [0.3, 0.4) is 0 Å². The highest BCUT2D eigenvalue weighted by Gasteiger charge is 2.43. The van der Waals surface area contributed by atoms with Crippen LogP contribution >= 0.6 is 0 Å². The van der Waals surface area contributed by atoms with Gasteiger partial charge in [0.2, 0.25) is 0 Å². The Morgan fingerprint density at radius 2 is 2.05 bits per heavy atom. The predicted molar refractivity (Wildman–Crippen MR) is 84.9 cm³/mol. The monoisotopic (exact) mass is 289 g/mol. The third-order valence-corrected chi connectivity index (χ3v) is 5.42. The first-order chi connectivity index (χ1) is 10.3. The molecule has 1 N–H and O–H groups in total. The van der Waals surface area contributed by atoms with Gasteiger partial charge in [-0.2, -0.15) is 0 Å². The van der Waals surface area contributed by atoms with E-state index in [-0.39, 0.29) is 0 Å². The molecule has 4 unspecified atom stereocenters. The fraction of sp³-hybridized carbons (Fsp3) is 0.667. The van der Waals surface area contributed by atoms with Gasteiger partial charge in [0.15, 0.2) is 0 Å². The molecule has 2 aliphatic carbocycles. The Morgan fingerprint density at radius 1 is 1.19 bits per heavy atom. The van der Waals surface area contributed by atoms with Gasteiger partial charge in [-0.15, -0.1) is 0 Å². The second-order valence-corrected chi connectivity index (χ2v) is 6.48. The Balaban J connectivity index is 1.93. The third kappa shape index (κ3) is 2.76. The summed E-state index contributed by atoms with van der Waals surface area (Å²) >= 11 is 0. The van der Waals surface area contributed by atoms with Gasteiger partial charge in [0.1, 0.15) is 11.5 Å². The lowest BCUT2D eigenvalue weighted by Gasteiger charge is -2.32. The normalized spacial score (nSPS) is 28.6. The maximum Gasteiger partial charge on any atom is 0.123 e. The highest BCUT2D eigenvalue weighted by Crippen LogP contribution is 2.53. The number of hydrogen-bond donors (Lipinski definition) is 1. The van der Waals surface area contributed by atoms with Gasteiger partial charge in [0.05, 0.1) is 14.2 Å². The molecule has 3 nitrogen and oxygen atoms in total. The fourth-order valence-corrected chi connectivity index (χ4v) is 4.50. The first-order valence-corrected chi connectivity index (χ1v) is 8.22. The van der Waals surface area contributed by atoms with Gasteiger partial charge in [-0.25, -0.2) is 0 Å². The molecule has 0 spiro atoms. The minimum atomic E-state index is 0.385. The van der Waals surface area contributed by atoms with Crippen LogP contribution in [-0.2, 0) is 0 Å². The molecule has 0 saturated heterocycles. The fourth-order valence-electron chi connectivity index (χ4n) is 4.50. The van der Waals surface area contributed by atoms with Crippen molar-refractivity contribution < 1.29 is 9.47 Å². The van der Waals surface area contributed by atoms with Crippen molar-refractivity contribution in [3.63, 3.8) is 0 Å². The minimum Gasteiger partial charge on any atom is -0.497 e. The molecule has 0 radical (unpaired) electrons. The van der Waals surface area contributed by atoms with Crippen molar-refractivity contribution in [1.82, 2.24) is 5.32 Å². The lowest BCUT2D eigenvalue weighted by Crippen LogP contribution is -2.31. The van der Waals surface area contributed by atoms with Crippen LogP contribution in [0.25, 0.3) is 0 Å². The Kier molecular flexibility index (Phi) is 4.39. The van der Waals surface area contributed by atoms with Gasteiger partial charge >= 0.3 is 0 Å². The molecule has 2 saturated carbocycles. The van der Waals surface area contributed by atoms with E-state index < -0.39 is 0 Å². The molecule has 1 aromatic carbocycles. The van der Waals surface area contributed by atoms with Gasteiger partial charge in [-0.05, 0) is 61.8 Å². The summed E-state index contributed by atoms with van der Waals surface area (Å²) in [7, 11) is 3.49. The molecule has 116 valence electrons. The van der Waals surface area contributed by atoms with Crippen LogP contribution in [0.4, 0.5) is 0 Å². The largest absolute Gasteiger partial charge is 0.497 e. The van der Waals surface area contributed by atoms with E-state index in [1.165, 1.54) is 31.2 Å². The highest BCUT2D eigenvalue weighted by atomic mass is 16.5. The maximum absolute atomic E-state index is 5.62. The average Bonchev–Trinajstić information content (AvgIpc) is 3.15. The van der Waals surface area contributed by atoms with E-state index in [0.717, 1.165) is 35.8 Å². The minimum absolute atomic E-state index is 0.385. The number of methoxy groups -OCH3 is 2. The van der Waals surface area contributed by atoms with Crippen molar-refractivity contribution in [3.8, 4) is 11.5 Å². The van der Waals surface area contributed by atoms with Gasteiger partial charge in [-0.1, -0.05) is 13.3 Å². The molecule has 0 heterocycles. The molecular formula is C18H27NO2. The number of hydrogen-bond acceptors (Lipinski definition) is 3. The molecule has 3 heteroatoms. The van der Waals surface area contributed by atoms with E-state index in [1.54, 1.807) is 14.2 Å². The number of ether oxygens (including phenoxy) is 2. The summed E-state index contributed by atoms with van der Waals surface area (Å²) in [6.45, 7) is 3.17. The van der Waals surface area contributed by atoms with Crippen molar-refractivity contribution in [2.45, 2.75) is 38.6 Å². The number of rotatable bonds is 6. The summed E-state index contributed by atoms with van der Waals surface area (Å²) in [6.07, 6.45) is 5.64. The molecule has 1 aromatic rings. The van der Waals surface area contributed by atoms with Gasteiger partial charge in [-0.3, -0.25) is 0 Å². The Bertz CT molecular complexity index is 488. The van der Waals surface area contributed by atoms with Crippen molar-refractivity contribution in [2.24, 2.45) is 17.8 Å². The lowest BCUT2D eigenvalue weighted by atomic mass is 9.80. The van der Waals surface area contributed by atoms with Crippen molar-refractivity contribution >= 4 is 0 Å². The summed E-state index contributed by atoms with van der Waals surface area (Å²) in [6, 6.07) is 6.55. The van der Waals surface area contributed by atoms with Crippen LogP contribution in [0.5, 0.6) is 11.5 Å². The predicted octanol–water partition coefficient (Wildman–Crippen LogP) is 3.79. The molecule has 0 aliphatic heterocycles. The molecule has 4 atom stereocenters. The van der Waals surface area contributed by atoms with Crippen LogP contribution in [0, 0.1) is 17.8 Å². The standard InChI is InChI=1S/C18H27NO2/c1-4-19-18(15-10-12-5-6-13(15)9-12)16-11-14(20-2)7-8-17(16)21-3/h7-8,11-13,15,18-19H,4-6,9-10H2,1-3H3. The van der Waals surface area contributed by atoms with E-state index in [0.29, 0.717) is 6.04 Å². The highest BCUT2D eigenvalue weighted by molar-refractivity contribution is 5.43. The summed E-state index contributed by atoms with van der Waals surface area (Å²) in [5, 5.41) is 3.72. The molecule has 0 aromatic heterocycles. The zero-order valence-corrected chi connectivity index (χ0v) is 13.4. The van der Waals surface area contributed by atoms with E-state index in [9.17, 15) is 0 Å². The van der Waals surface area contributed by atoms with Crippen LogP contribution < -0.4 is 14.8 Å². The molecule has 2 fully saturated rings. The van der Waals surface area contributed by atoms with Gasteiger partial charge in [0, 0.05) is 11.6 Å². The van der Waals surface area contributed by atoms with Crippen molar-refractivity contribution in [2.75, 3.05) is 20.8 Å². The zero-order valence-electron chi connectivity index (χ0n) is 13.4. The summed E-state index contributed by atoms with van der Waals surface area (Å²) in [4.78, 5) is 0. The SMILES string of the molecule is CCNC(c1cc(OC)ccc1OC)C1CC2CCC1C2. The molecule has 2 aliphatic rings. The molecule has 21 heavy (non-hydrogen) atoms. The maximum atomic E-state index is 5.62. The van der Waals surface area contributed by atoms with E-state index in [1.807, 2.05) is 12.1 Å². The molecule has 3 rings (SSSR count). The Hall–Kier alpha value is -1.22. The van der Waals surface area contributed by atoms with Crippen LogP contribution in [0.2, 0.25) is 0 Å². The van der Waals surface area contributed by atoms with Crippen LogP contribution in [0.1, 0.15) is 44.2 Å². The van der Waals surface area contributed by atoms with Crippen molar-refractivity contribution in [1.29, 1.82) is 0 Å². The van der Waals surface area contributed by atoms with Crippen molar-refractivity contribution in [3.05, 3.63) is 23.8 Å². The second-order valence-electron chi connectivity index (χ2n) is 6.48. The van der Waals surface area contributed by atoms with Crippen LogP contribution in [0.15, 0.2) is 18.2 Å². The summed E-state index contributed by atoms with van der Waals surface area (Å²) in [5.41, 5.74) is 1.26. The lowest BCUT2D eigenvalue weighted by molar-refractivity contribution is 0.247. The first-order valence-electron chi connectivity index (χ1n) is 8.22. The van der Waals surface area contributed by atoms with Gasteiger partial charge < -0.3 is 14.8 Å². The van der Waals surface area contributed by atoms with E-state index in [2.05, 4.69) is 18.3 Å². The zero-order chi connectivity index (χ0) is 14.8. The summed E-state index contributed by atoms with van der Waals surface area (Å²) in [5.74, 6) is 4.47. The summed E-state index contributed by atoms with van der Waals surface area (Å²) < 4.78 is 11.0. The molecule has 0 amide bonds. The third-order valence-electron chi connectivity index (χ3n) is 5.42. The number of benzene rings is 1.